The fourth-order valence-corrected chi connectivity index (χ4v) is 6.72. The summed E-state index contributed by atoms with van der Waals surface area (Å²) in [6, 6.07) is 17.0. The number of ether oxygens (including phenoxy) is 1. The summed E-state index contributed by atoms with van der Waals surface area (Å²) in [5.41, 5.74) is 2.54. The van der Waals surface area contributed by atoms with Crippen LogP contribution in [0.3, 0.4) is 0 Å². The minimum absolute atomic E-state index is 0.140. The third kappa shape index (κ3) is 3.04. The Bertz CT molecular complexity index is 1060. The normalized spacial score (nSPS) is 27.2. The molecule has 2 aliphatic rings. The average molecular weight is 446 g/mol. The lowest BCUT2D eigenvalue weighted by Crippen LogP contribution is -2.57. The lowest BCUT2D eigenvalue weighted by Gasteiger charge is -2.36. The quantitative estimate of drug-likeness (QED) is 0.521. The molecule has 156 valence electrons. The van der Waals surface area contributed by atoms with E-state index in [0.717, 1.165) is 21.6 Å². The maximum absolute atomic E-state index is 13.4. The van der Waals surface area contributed by atoms with Gasteiger partial charge in [0.15, 0.2) is 22.0 Å². The van der Waals surface area contributed by atoms with Crippen LogP contribution in [0.2, 0.25) is 0 Å². The minimum Gasteiger partial charge on any atom is -0.451 e. The molecule has 2 saturated heterocycles. The Kier molecular flexibility index (Phi) is 5.20. The standard InChI is InChI=1S/C22H20ClNO5S/c1-22(12-13-23)20(24-17(25)14-18(24)30(22,27)28)21(26)29-19(15-8-4-2-5-9-15)16-10-6-3-7-11-16/h2-13,18-20H,14H2,1H3/t18-,20+,22+/m1/s1. The molecule has 4 rings (SSSR count). The molecule has 0 aliphatic carbocycles. The van der Waals surface area contributed by atoms with Gasteiger partial charge in [0.1, 0.15) is 10.1 Å². The van der Waals surface area contributed by atoms with E-state index in [9.17, 15) is 18.0 Å². The number of fused-ring (bicyclic) bond motifs is 1. The molecule has 0 N–H and O–H groups in total. The first-order chi connectivity index (χ1) is 14.3. The number of nitrogens with zero attached hydrogens (tertiary/aromatic N) is 1. The van der Waals surface area contributed by atoms with Crippen molar-refractivity contribution in [2.24, 2.45) is 0 Å². The van der Waals surface area contributed by atoms with E-state index in [1.54, 1.807) is 0 Å². The lowest BCUT2D eigenvalue weighted by atomic mass is 9.96. The van der Waals surface area contributed by atoms with Crippen LogP contribution < -0.4 is 0 Å². The topological polar surface area (TPSA) is 80.8 Å². The van der Waals surface area contributed by atoms with Gasteiger partial charge in [0.05, 0.1) is 6.42 Å². The molecule has 2 aromatic carbocycles. The fraction of sp³-hybridized carbons (Fsp3) is 0.273. The van der Waals surface area contributed by atoms with Crippen molar-refractivity contribution >= 4 is 33.3 Å². The smallest absolute Gasteiger partial charge is 0.331 e. The van der Waals surface area contributed by atoms with Gasteiger partial charge in [-0.3, -0.25) is 4.79 Å². The molecule has 1 amide bonds. The summed E-state index contributed by atoms with van der Waals surface area (Å²) in [5.74, 6) is -1.18. The van der Waals surface area contributed by atoms with Crippen molar-refractivity contribution in [3.63, 3.8) is 0 Å². The number of rotatable bonds is 5. The summed E-state index contributed by atoms with van der Waals surface area (Å²) in [5, 5.41) is -1.03. The van der Waals surface area contributed by atoms with Gasteiger partial charge in [-0.1, -0.05) is 72.3 Å². The molecule has 0 unspecified atom stereocenters. The van der Waals surface area contributed by atoms with Crippen LogP contribution in [0.4, 0.5) is 0 Å². The van der Waals surface area contributed by atoms with Crippen molar-refractivity contribution < 1.29 is 22.7 Å². The van der Waals surface area contributed by atoms with E-state index in [0.29, 0.717) is 0 Å². The fourth-order valence-electron chi connectivity index (χ4n) is 4.12. The number of halogens is 1. The number of hydrogen-bond donors (Lipinski definition) is 0. The average Bonchev–Trinajstić information content (AvgIpc) is 2.88. The van der Waals surface area contributed by atoms with Gasteiger partial charge in [-0.25, -0.2) is 13.2 Å². The molecule has 0 saturated carbocycles. The number of sulfone groups is 1. The van der Waals surface area contributed by atoms with Crippen LogP contribution >= 0.6 is 11.6 Å². The van der Waals surface area contributed by atoms with Crippen LogP contribution in [0, 0.1) is 0 Å². The molecular weight excluding hydrogens is 426 g/mol. The monoisotopic (exact) mass is 445 g/mol. The minimum atomic E-state index is -3.85. The third-order valence-electron chi connectivity index (χ3n) is 5.80. The highest BCUT2D eigenvalue weighted by Crippen LogP contribution is 2.47. The molecule has 8 heteroatoms. The molecule has 0 spiro atoms. The predicted molar refractivity (Wildman–Crippen MR) is 112 cm³/mol. The number of carbonyl (C=O) groups is 2. The highest BCUT2D eigenvalue weighted by atomic mass is 35.5. The van der Waals surface area contributed by atoms with Crippen molar-refractivity contribution in [2.75, 3.05) is 0 Å². The summed E-state index contributed by atoms with van der Waals surface area (Å²) in [7, 11) is -3.85. The Labute approximate surface area is 180 Å². The molecular formula is C22H20ClNO5S. The van der Waals surface area contributed by atoms with Gasteiger partial charge in [0, 0.05) is 5.54 Å². The van der Waals surface area contributed by atoms with Crippen molar-refractivity contribution in [3.8, 4) is 0 Å². The Balaban J connectivity index is 1.74. The maximum atomic E-state index is 13.4. The van der Waals surface area contributed by atoms with E-state index in [1.165, 1.54) is 13.0 Å². The zero-order chi connectivity index (χ0) is 21.5. The number of esters is 1. The SMILES string of the molecule is C[C@]1(C=CCl)[C@H](C(=O)OC(c2ccccc2)c2ccccc2)N2C(=O)C[C@H]2S1(=O)=O. The molecule has 2 fully saturated rings. The summed E-state index contributed by atoms with van der Waals surface area (Å²) >= 11 is 5.72. The van der Waals surface area contributed by atoms with E-state index in [1.807, 2.05) is 60.7 Å². The van der Waals surface area contributed by atoms with E-state index in [2.05, 4.69) is 0 Å². The molecule has 2 aliphatic heterocycles. The van der Waals surface area contributed by atoms with Gasteiger partial charge >= 0.3 is 5.97 Å². The van der Waals surface area contributed by atoms with E-state index in [-0.39, 0.29) is 6.42 Å². The molecule has 0 bridgehead atoms. The second-order valence-corrected chi connectivity index (χ2v) is 10.3. The van der Waals surface area contributed by atoms with Gasteiger partial charge in [0.25, 0.3) is 0 Å². The maximum Gasteiger partial charge on any atom is 0.331 e. The second kappa shape index (κ2) is 7.56. The van der Waals surface area contributed by atoms with E-state index in [4.69, 9.17) is 16.3 Å². The van der Waals surface area contributed by atoms with Gasteiger partial charge in [-0.2, -0.15) is 0 Å². The summed E-state index contributed by atoms with van der Waals surface area (Å²) in [6.45, 7) is 1.40. The number of hydrogen-bond acceptors (Lipinski definition) is 5. The van der Waals surface area contributed by atoms with Gasteiger partial charge in [0.2, 0.25) is 5.91 Å². The number of amides is 1. The third-order valence-corrected chi connectivity index (χ3v) is 8.62. The summed E-state index contributed by atoms with van der Waals surface area (Å²) in [4.78, 5) is 26.7. The zero-order valence-electron chi connectivity index (χ0n) is 16.1. The predicted octanol–water partition coefficient (Wildman–Crippen LogP) is 3.19. The zero-order valence-corrected chi connectivity index (χ0v) is 17.7. The van der Waals surface area contributed by atoms with E-state index < -0.39 is 44.0 Å². The van der Waals surface area contributed by atoms with E-state index >= 15 is 0 Å². The van der Waals surface area contributed by atoms with Crippen molar-refractivity contribution in [1.29, 1.82) is 0 Å². The first-order valence-corrected chi connectivity index (χ1v) is 11.4. The molecule has 2 aromatic rings. The van der Waals surface area contributed by atoms with Crippen LogP contribution in [0.25, 0.3) is 0 Å². The number of carbonyl (C=O) groups excluding carboxylic acids is 2. The Morgan fingerprint density at radius 1 is 1.13 bits per heavy atom. The van der Waals surface area contributed by atoms with Crippen LogP contribution in [0.1, 0.15) is 30.6 Å². The highest BCUT2D eigenvalue weighted by Gasteiger charge is 2.69. The van der Waals surface area contributed by atoms with Gasteiger partial charge in [-0.05, 0) is 24.1 Å². The molecule has 30 heavy (non-hydrogen) atoms. The summed E-state index contributed by atoms with van der Waals surface area (Å²) in [6.07, 6.45) is 0.363. The van der Waals surface area contributed by atoms with Gasteiger partial charge < -0.3 is 9.64 Å². The molecule has 6 nitrogen and oxygen atoms in total. The Morgan fingerprint density at radius 3 is 2.13 bits per heavy atom. The number of benzene rings is 2. The molecule has 0 aromatic heterocycles. The van der Waals surface area contributed by atoms with Crippen molar-refractivity contribution in [3.05, 3.63) is 83.4 Å². The summed E-state index contributed by atoms with van der Waals surface area (Å²) < 4.78 is 30.3. The second-order valence-electron chi connectivity index (χ2n) is 7.52. The Hall–Kier alpha value is -2.64. The van der Waals surface area contributed by atoms with Gasteiger partial charge in [-0.15, -0.1) is 0 Å². The Morgan fingerprint density at radius 2 is 1.67 bits per heavy atom. The largest absolute Gasteiger partial charge is 0.451 e. The molecule has 3 atom stereocenters. The van der Waals surface area contributed by atoms with Crippen LogP contribution in [-0.4, -0.2) is 41.4 Å². The van der Waals surface area contributed by atoms with Crippen molar-refractivity contribution in [2.45, 2.75) is 35.6 Å². The van der Waals surface area contributed by atoms with Crippen LogP contribution in [0.15, 0.2) is 72.3 Å². The van der Waals surface area contributed by atoms with Crippen LogP contribution in [0.5, 0.6) is 0 Å². The first-order valence-electron chi connectivity index (χ1n) is 9.44. The first kappa shape index (κ1) is 20.6. The lowest BCUT2D eigenvalue weighted by molar-refractivity contribution is -0.163. The molecule has 0 radical (unpaired) electrons. The highest BCUT2D eigenvalue weighted by molar-refractivity contribution is 7.94. The number of β-lactam (4-membered cyclic amide) rings is 1. The van der Waals surface area contributed by atoms with Crippen LogP contribution in [-0.2, 0) is 24.2 Å². The molecule has 2 heterocycles. The van der Waals surface area contributed by atoms with Crippen molar-refractivity contribution in [1.82, 2.24) is 4.90 Å².